The Labute approximate surface area is 133 Å². The van der Waals surface area contributed by atoms with Gasteiger partial charge in [-0.25, -0.2) is 9.78 Å². The summed E-state index contributed by atoms with van der Waals surface area (Å²) in [5.41, 5.74) is -0.714. The van der Waals surface area contributed by atoms with Gasteiger partial charge in [-0.15, -0.1) is 0 Å². The summed E-state index contributed by atoms with van der Waals surface area (Å²) >= 11 is 3.24. The van der Waals surface area contributed by atoms with E-state index in [1.54, 1.807) is 31.2 Å². The Hall–Kier alpha value is -1.89. The second kappa shape index (κ2) is 6.48. The molecule has 0 fully saturated rings. The van der Waals surface area contributed by atoms with E-state index in [2.05, 4.69) is 20.9 Å². The monoisotopic (exact) mass is 373 g/mol. The van der Waals surface area contributed by atoms with Gasteiger partial charge in [-0.1, -0.05) is 28.1 Å². The smallest absolute Gasteiger partial charge is 0.433 e. The maximum atomic E-state index is 12.8. The topological polar surface area (TPSA) is 39.2 Å². The molecule has 3 nitrogen and oxygen atoms in total. The van der Waals surface area contributed by atoms with Crippen molar-refractivity contribution in [1.82, 2.24) is 4.98 Å². The number of esters is 1. The molecule has 0 amide bonds. The van der Waals surface area contributed by atoms with Crippen LogP contribution in [-0.2, 0) is 10.9 Å². The molecule has 1 heterocycles. The summed E-state index contributed by atoms with van der Waals surface area (Å²) in [5, 5.41) is 0. The van der Waals surface area contributed by atoms with Gasteiger partial charge in [0.05, 0.1) is 17.9 Å². The summed E-state index contributed by atoms with van der Waals surface area (Å²) in [7, 11) is 0. The van der Waals surface area contributed by atoms with Gasteiger partial charge in [-0.2, -0.15) is 13.2 Å². The number of nitrogens with zero attached hydrogens (tertiary/aromatic N) is 1. The van der Waals surface area contributed by atoms with E-state index in [4.69, 9.17) is 4.74 Å². The summed E-state index contributed by atoms with van der Waals surface area (Å²) in [4.78, 5) is 15.5. The third kappa shape index (κ3) is 3.65. The van der Waals surface area contributed by atoms with Crippen molar-refractivity contribution in [2.45, 2.75) is 13.1 Å². The highest BCUT2D eigenvalue weighted by Gasteiger charge is 2.33. The Kier molecular flexibility index (Phi) is 4.85. The third-order valence-electron chi connectivity index (χ3n) is 2.80. The van der Waals surface area contributed by atoms with Crippen LogP contribution in [0.25, 0.3) is 11.3 Å². The molecule has 0 aliphatic heterocycles. The molecule has 0 aliphatic carbocycles. The van der Waals surface area contributed by atoms with Gasteiger partial charge in [0.1, 0.15) is 5.69 Å². The number of aromatic nitrogens is 1. The minimum absolute atomic E-state index is 0.00262. The number of ether oxygens (including phenoxy) is 1. The predicted octanol–water partition coefficient (Wildman–Crippen LogP) is 4.71. The Morgan fingerprint density at radius 2 is 1.82 bits per heavy atom. The zero-order chi connectivity index (χ0) is 16.3. The molecule has 116 valence electrons. The molecule has 0 N–H and O–H groups in total. The second-order valence-corrected chi connectivity index (χ2v) is 5.23. The van der Waals surface area contributed by atoms with Crippen molar-refractivity contribution in [3.8, 4) is 11.3 Å². The first kappa shape index (κ1) is 16.5. The van der Waals surface area contributed by atoms with Crippen LogP contribution in [0.15, 0.2) is 40.9 Å². The molecule has 1 aromatic carbocycles. The molecule has 2 rings (SSSR count). The molecular weight excluding hydrogens is 363 g/mol. The largest absolute Gasteiger partial charge is 0.462 e. The predicted molar refractivity (Wildman–Crippen MR) is 78.3 cm³/mol. The molecule has 2 aromatic rings. The number of carbonyl (C=O) groups excluding carboxylic acids is 1. The van der Waals surface area contributed by atoms with E-state index in [0.717, 1.165) is 16.6 Å². The van der Waals surface area contributed by atoms with Crippen molar-refractivity contribution < 1.29 is 22.7 Å². The number of hydrogen-bond acceptors (Lipinski definition) is 3. The Balaban J connectivity index is 2.59. The van der Waals surface area contributed by atoms with Crippen LogP contribution in [0.5, 0.6) is 0 Å². The highest BCUT2D eigenvalue weighted by atomic mass is 79.9. The Morgan fingerprint density at radius 1 is 1.18 bits per heavy atom. The van der Waals surface area contributed by atoms with Crippen molar-refractivity contribution in [2.24, 2.45) is 0 Å². The summed E-state index contributed by atoms with van der Waals surface area (Å²) in [6, 6.07) is 8.34. The fraction of sp³-hybridized carbons (Fsp3) is 0.200. The van der Waals surface area contributed by atoms with Crippen LogP contribution in [0, 0.1) is 0 Å². The summed E-state index contributed by atoms with van der Waals surface area (Å²) < 4.78 is 44.2. The number of carbonyl (C=O) groups is 1. The molecule has 0 atom stereocenters. The van der Waals surface area contributed by atoms with Crippen molar-refractivity contribution >= 4 is 21.9 Å². The maximum Gasteiger partial charge on any atom is 0.433 e. The van der Waals surface area contributed by atoms with Gasteiger partial charge in [0, 0.05) is 10.0 Å². The van der Waals surface area contributed by atoms with E-state index >= 15 is 0 Å². The molecule has 0 spiro atoms. The molecule has 0 bridgehead atoms. The summed E-state index contributed by atoms with van der Waals surface area (Å²) in [6.07, 6.45) is -4.59. The van der Waals surface area contributed by atoms with E-state index in [0.29, 0.717) is 5.56 Å². The minimum Gasteiger partial charge on any atom is -0.462 e. The van der Waals surface area contributed by atoms with Crippen molar-refractivity contribution in [3.05, 3.63) is 52.1 Å². The summed E-state index contributed by atoms with van der Waals surface area (Å²) in [5.74, 6) is -0.707. The van der Waals surface area contributed by atoms with Gasteiger partial charge in [-0.05, 0) is 31.2 Å². The average molecular weight is 374 g/mol. The standard InChI is InChI=1S/C15H11BrF3NO2/c1-2-22-14(21)11-7-8-12(15(17,18)19)20-13(11)9-3-5-10(16)6-4-9/h3-8H,2H2,1H3. The highest BCUT2D eigenvalue weighted by Crippen LogP contribution is 2.31. The number of hydrogen-bond donors (Lipinski definition) is 0. The molecule has 22 heavy (non-hydrogen) atoms. The summed E-state index contributed by atoms with van der Waals surface area (Å²) in [6.45, 7) is 1.74. The Morgan fingerprint density at radius 3 is 2.36 bits per heavy atom. The first-order valence-electron chi connectivity index (χ1n) is 6.34. The molecule has 0 saturated carbocycles. The maximum absolute atomic E-state index is 12.8. The third-order valence-corrected chi connectivity index (χ3v) is 3.33. The van der Waals surface area contributed by atoms with E-state index in [1.165, 1.54) is 0 Å². The van der Waals surface area contributed by atoms with E-state index in [9.17, 15) is 18.0 Å². The van der Waals surface area contributed by atoms with Gasteiger partial charge in [0.15, 0.2) is 0 Å². The minimum atomic E-state index is -4.59. The van der Waals surface area contributed by atoms with Crippen molar-refractivity contribution in [2.75, 3.05) is 6.61 Å². The normalized spacial score (nSPS) is 11.3. The van der Waals surface area contributed by atoms with Crippen LogP contribution in [0.2, 0.25) is 0 Å². The van der Waals surface area contributed by atoms with E-state index < -0.39 is 17.8 Å². The number of benzene rings is 1. The first-order chi connectivity index (χ1) is 10.3. The first-order valence-corrected chi connectivity index (χ1v) is 7.13. The van der Waals surface area contributed by atoms with Crippen LogP contribution in [0.3, 0.4) is 0 Å². The number of pyridine rings is 1. The lowest BCUT2D eigenvalue weighted by atomic mass is 10.1. The Bertz CT molecular complexity index is 684. The van der Waals surface area contributed by atoms with Crippen LogP contribution < -0.4 is 0 Å². The lowest BCUT2D eigenvalue weighted by Gasteiger charge is -2.12. The lowest BCUT2D eigenvalue weighted by Crippen LogP contribution is -2.13. The van der Waals surface area contributed by atoms with E-state index in [1.807, 2.05) is 0 Å². The second-order valence-electron chi connectivity index (χ2n) is 4.32. The fourth-order valence-corrected chi connectivity index (χ4v) is 2.08. The highest BCUT2D eigenvalue weighted by molar-refractivity contribution is 9.10. The van der Waals surface area contributed by atoms with Crippen LogP contribution in [0.4, 0.5) is 13.2 Å². The van der Waals surface area contributed by atoms with Gasteiger partial charge < -0.3 is 4.74 Å². The van der Waals surface area contributed by atoms with Gasteiger partial charge in [0.2, 0.25) is 0 Å². The zero-order valence-electron chi connectivity index (χ0n) is 11.4. The lowest BCUT2D eigenvalue weighted by molar-refractivity contribution is -0.141. The van der Waals surface area contributed by atoms with Crippen molar-refractivity contribution in [3.63, 3.8) is 0 Å². The van der Waals surface area contributed by atoms with Crippen LogP contribution >= 0.6 is 15.9 Å². The van der Waals surface area contributed by atoms with Gasteiger partial charge in [-0.3, -0.25) is 0 Å². The molecular formula is C15H11BrF3NO2. The number of halogens is 4. The van der Waals surface area contributed by atoms with Crippen molar-refractivity contribution in [1.29, 1.82) is 0 Å². The quantitative estimate of drug-likeness (QED) is 0.731. The number of rotatable bonds is 3. The SMILES string of the molecule is CCOC(=O)c1ccc(C(F)(F)F)nc1-c1ccc(Br)cc1. The van der Waals surface area contributed by atoms with E-state index in [-0.39, 0.29) is 17.9 Å². The molecule has 0 aliphatic rings. The molecule has 0 radical (unpaired) electrons. The van der Waals surface area contributed by atoms with Crippen LogP contribution in [0.1, 0.15) is 23.0 Å². The van der Waals surface area contributed by atoms with Crippen LogP contribution in [-0.4, -0.2) is 17.6 Å². The average Bonchev–Trinajstić information content (AvgIpc) is 2.47. The molecule has 0 saturated heterocycles. The fourth-order valence-electron chi connectivity index (χ4n) is 1.82. The molecule has 0 unspecified atom stereocenters. The number of alkyl halides is 3. The van der Waals surface area contributed by atoms with Gasteiger partial charge >= 0.3 is 12.1 Å². The molecule has 7 heteroatoms. The van der Waals surface area contributed by atoms with Gasteiger partial charge in [0.25, 0.3) is 0 Å². The zero-order valence-corrected chi connectivity index (χ0v) is 13.0. The molecule has 1 aromatic heterocycles.